The Labute approximate surface area is 221 Å². The lowest BCUT2D eigenvalue weighted by atomic mass is 10.1. The van der Waals surface area contributed by atoms with Gasteiger partial charge in [0.1, 0.15) is 5.69 Å². The van der Waals surface area contributed by atoms with Crippen LogP contribution in [0.25, 0.3) is 11.3 Å². The van der Waals surface area contributed by atoms with Gasteiger partial charge in [0.15, 0.2) is 6.29 Å². The zero-order valence-electron chi connectivity index (χ0n) is 20.3. The van der Waals surface area contributed by atoms with Crippen molar-refractivity contribution in [3.63, 3.8) is 0 Å². The molecular weight excluding hydrogens is 523 g/mol. The number of pyridine rings is 2. The number of urea groups is 1. The first kappa shape index (κ1) is 25.8. The maximum atomic E-state index is 13.7. The van der Waals surface area contributed by atoms with Crippen LogP contribution in [0.3, 0.4) is 0 Å². The lowest BCUT2D eigenvalue weighted by Gasteiger charge is -2.38. The van der Waals surface area contributed by atoms with Crippen molar-refractivity contribution in [1.29, 1.82) is 0 Å². The average Bonchev–Trinajstić information content (AvgIpc) is 3.23. The summed E-state index contributed by atoms with van der Waals surface area (Å²) in [6.07, 6.45) is -2.40. The third-order valence-electron chi connectivity index (χ3n) is 6.59. The van der Waals surface area contributed by atoms with Gasteiger partial charge in [0.2, 0.25) is 5.88 Å². The molecule has 2 fully saturated rings. The summed E-state index contributed by atoms with van der Waals surface area (Å²) >= 11 is 5.81. The van der Waals surface area contributed by atoms with Gasteiger partial charge in [-0.05, 0) is 49.4 Å². The van der Waals surface area contributed by atoms with Gasteiger partial charge in [0, 0.05) is 37.4 Å². The fourth-order valence-corrected chi connectivity index (χ4v) is 5.08. The number of fused-ring (bicyclic) bond motifs is 1. The number of alkyl halides is 3. The van der Waals surface area contributed by atoms with Gasteiger partial charge in [-0.1, -0.05) is 11.6 Å². The van der Waals surface area contributed by atoms with Crippen molar-refractivity contribution in [2.45, 2.75) is 19.1 Å². The molecule has 0 aliphatic carbocycles. The van der Waals surface area contributed by atoms with Crippen molar-refractivity contribution in [3.05, 3.63) is 64.9 Å². The second-order valence-electron chi connectivity index (χ2n) is 8.85. The number of rotatable bonds is 6. The number of piperazine rings is 1. The molecule has 2 aromatic heterocycles. The third kappa shape index (κ3) is 4.73. The number of hydrogen-bond acceptors (Lipinski definition) is 6. The van der Waals surface area contributed by atoms with Crippen molar-refractivity contribution in [2.24, 2.45) is 0 Å². The van der Waals surface area contributed by atoms with Gasteiger partial charge >= 0.3 is 12.2 Å². The molecule has 2 saturated heterocycles. The van der Waals surface area contributed by atoms with E-state index in [2.05, 4.69) is 9.97 Å². The minimum absolute atomic E-state index is 0.0615. The first-order valence-corrected chi connectivity index (χ1v) is 12.3. The highest BCUT2D eigenvalue weighted by Gasteiger charge is 2.45. The molecule has 0 saturated carbocycles. The van der Waals surface area contributed by atoms with Crippen molar-refractivity contribution >= 4 is 35.3 Å². The molecule has 8 nitrogen and oxygen atoms in total. The largest absolute Gasteiger partial charge is 0.477 e. The van der Waals surface area contributed by atoms with Crippen LogP contribution in [0.4, 0.5) is 29.3 Å². The van der Waals surface area contributed by atoms with E-state index in [9.17, 15) is 22.8 Å². The predicted molar refractivity (Wildman–Crippen MR) is 136 cm³/mol. The fraction of sp³-hybridized carbons (Fsp3) is 0.308. The summed E-state index contributed by atoms with van der Waals surface area (Å²) in [6.45, 7) is 3.33. The Balaban J connectivity index is 1.40. The van der Waals surface area contributed by atoms with E-state index in [1.807, 2.05) is 11.8 Å². The van der Waals surface area contributed by atoms with E-state index in [1.165, 1.54) is 12.1 Å². The Morgan fingerprint density at radius 2 is 1.92 bits per heavy atom. The molecule has 0 bridgehead atoms. The van der Waals surface area contributed by atoms with Crippen molar-refractivity contribution in [3.8, 4) is 17.1 Å². The van der Waals surface area contributed by atoms with Crippen LogP contribution < -0.4 is 14.5 Å². The molecule has 38 heavy (non-hydrogen) atoms. The van der Waals surface area contributed by atoms with Crippen LogP contribution in [-0.4, -0.2) is 66.0 Å². The number of halogens is 4. The Kier molecular flexibility index (Phi) is 6.87. The van der Waals surface area contributed by atoms with Crippen LogP contribution >= 0.6 is 11.6 Å². The first-order chi connectivity index (χ1) is 18.2. The molecule has 1 atom stereocenters. The van der Waals surface area contributed by atoms with E-state index in [1.54, 1.807) is 35.4 Å². The summed E-state index contributed by atoms with van der Waals surface area (Å²) in [6, 6.07) is 9.62. The number of amides is 2. The summed E-state index contributed by atoms with van der Waals surface area (Å²) in [5, 5.41) is -0.0615. The number of nitrogens with zero attached hydrogens (tertiary/aromatic N) is 5. The standard InChI is InChI=1S/C26H23ClF3N5O3/c1-2-38-24-18(4-3-9-31-24)20-6-8-23(21(15-36)32-20)33-10-11-34-17(13-33)14-35(25(34)37)22-7-5-16(27)12-19(22)26(28,29)30/h3-9,12,15,17H,2,10-11,13-14H2,1H3. The molecule has 4 heterocycles. The van der Waals surface area contributed by atoms with E-state index < -0.39 is 17.8 Å². The van der Waals surface area contributed by atoms with E-state index in [4.69, 9.17) is 16.3 Å². The molecule has 12 heteroatoms. The van der Waals surface area contributed by atoms with E-state index >= 15 is 0 Å². The second-order valence-corrected chi connectivity index (χ2v) is 9.29. The summed E-state index contributed by atoms with van der Waals surface area (Å²) in [4.78, 5) is 38.5. The molecule has 5 rings (SSSR count). The van der Waals surface area contributed by atoms with Gasteiger partial charge in [-0.3, -0.25) is 9.69 Å². The van der Waals surface area contributed by atoms with Crippen LogP contribution in [0.1, 0.15) is 23.0 Å². The lowest BCUT2D eigenvalue weighted by molar-refractivity contribution is -0.137. The number of anilines is 2. The van der Waals surface area contributed by atoms with Crippen LogP contribution in [0, 0.1) is 0 Å². The Bertz CT molecular complexity index is 1390. The molecule has 0 radical (unpaired) electrons. The number of carbonyl (C=O) groups excluding carboxylic acids is 2. The molecule has 198 valence electrons. The van der Waals surface area contributed by atoms with E-state index in [-0.39, 0.29) is 35.5 Å². The normalized spacial score (nSPS) is 17.6. The van der Waals surface area contributed by atoms with Crippen molar-refractivity contribution in [2.75, 3.05) is 42.6 Å². The molecule has 0 spiro atoms. The van der Waals surface area contributed by atoms with Gasteiger partial charge in [-0.2, -0.15) is 13.2 Å². The van der Waals surface area contributed by atoms with Gasteiger partial charge in [0.05, 0.1) is 40.8 Å². The highest BCUT2D eigenvalue weighted by atomic mass is 35.5. The fourth-order valence-electron chi connectivity index (χ4n) is 4.91. The minimum atomic E-state index is -4.67. The van der Waals surface area contributed by atoms with Crippen LogP contribution in [0.15, 0.2) is 48.7 Å². The number of hydrogen-bond donors (Lipinski definition) is 0. The first-order valence-electron chi connectivity index (χ1n) is 12.0. The summed E-state index contributed by atoms with van der Waals surface area (Å²) in [5.41, 5.74) is 0.776. The number of ether oxygens (including phenoxy) is 1. The predicted octanol–water partition coefficient (Wildman–Crippen LogP) is 5.16. The maximum Gasteiger partial charge on any atom is 0.418 e. The Hall–Kier alpha value is -3.86. The summed E-state index contributed by atoms with van der Waals surface area (Å²) in [5.74, 6) is 0.408. The highest BCUT2D eigenvalue weighted by molar-refractivity contribution is 6.30. The zero-order chi connectivity index (χ0) is 27.0. The van der Waals surface area contributed by atoms with E-state index in [0.29, 0.717) is 48.8 Å². The zero-order valence-corrected chi connectivity index (χ0v) is 21.0. The van der Waals surface area contributed by atoms with Gasteiger partial charge < -0.3 is 14.5 Å². The summed E-state index contributed by atoms with van der Waals surface area (Å²) in [7, 11) is 0. The van der Waals surface area contributed by atoms with E-state index in [0.717, 1.165) is 11.0 Å². The SMILES string of the molecule is CCOc1ncccc1-c1ccc(N2CCN3C(=O)N(c4ccc(Cl)cc4C(F)(F)F)CC3C2)c(C=O)n1. The summed E-state index contributed by atoms with van der Waals surface area (Å²) < 4.78 is 46.7. The maximum absolute atomic E-state index is 13.7. The lowest BCUT2D eigenvalue weighted by Crippen LogP contribution is -2.52. The van der Waals surface area contributed by atoms with Crippen molar-refractivity contribution in [1.82, 2.24) is 14.9 Å². The second kappa shape index (κ2) is 10.1. The van der Waals surface area contributed by atoms with Gasteiger partial charge in [0.25, 0.3) is 0 Å². The van der Waals surface area contributed by atoms with Crippen LogP contribution in [0.2, 0.25) is 5.02 Å². The Morgan fingerprint density at radius 1 is 1.13 bits per heavy atom. The minimum Gasteiger partial charge on any atom is -0.477 e. The third-order valence-corrected chi connectivity index (χ3v) is 6.83. The van der Waals surface area contributed by atoms with Gasteiger partial charge in [-0.15, -0.1) is 0 Å². The number of aromatic nitrogens is 2. The molecule has 0 N–H and O–H groups in total. The topological polar surface area (TPSA) is 78.9 Å². The smallest absolute Gasteiger partial charge is 0.418 e. The number of benzene rings is 1. The van der Waals surface area contributed by atoms with Crippen LogP contribution in [-0.2, 0) is 6.18 Å². The molecule has 2 amide bonds. The number of aldehydes is 1. The molecule has 1 aromatic carbocycles. The van der Waals surface area contributed by atoms with Crippen LogP contribution in [0.5, 0.6) is 5.88 Å². The molecule has 3 aromatic rings. The molecule has 2 aliphatic rings. The van der Waals surface area contributed by atoms with Crippen molar-refractivity contribution < 1.29 is 27.5 Å². The molecule has 1 unspecified atom stereocenters. The highest BCUT2D eigenvalue weighted by Crippen LogP contribution is 2.40. The average molecular weight is 546 g/mol. The Morgan fingerprint density at radius 3 is 2.66 bits per heavy atom. The van der Waals surface area contributed by atoms with Gasteiger partial charge in [-0.25, -0.2) is 14.8 Å². The number of carbonyl (C=O) groups is 2. The molecule has 2 aliphatic heterocycles. The monoisotopic (exact) mass is 545 g/mol. The molecular formula is C26H23ClF3N5O3. The quantitative estimate of drug-likeness (QED) is 0.398.